The minimum Gasteiger partial charge on any atom is -0.372 e. The Morgan fingerprint density at radius 1 is 1.00 bits per heavy atom. The van der Waals surface area contributed by atoms with Crippen molar-refractivity contribution in [3.05, 3.63) is 105 Å². The van der Waals surface area contributed by atoms with Crippen molar-refractivity contribution in [2.45, 2.75) is 40.5 Å². The van der Waals surface area contributed by atoms with Crippen LogP contribution in [-0.4, -0.2) is 41.8 Å². The van der Waals surface area contributed by atoms with E-state index in [2.05, 4.69) is 53.8 Å². The van der Waals surface area contributed by atoms with Gasteiger partial charge in [0.05, 0.1) is 10.5 Å². The average molecular weight is 531 g/mol. The standard InChI is InChI=1S/C28H29N3O3.C2H6.CH3NO/c1-3-19-30(4-2)20-18-23-12-10-22(11-13-23)14-15-24-21-26(31(33)34)16-17-27(24)28(32)29-25-8-6-5-7-9-25;1-2;2-1-3/h5-13,16-17,21H,3-4,18-20H2,1-2H3,(H,29,32);1-2H3;1H,(H2,2,3). The third-order valence-corrected chi connectivity index (χ3v) is 5.49. The van der Waals surface area contributed by atoms with Crippen LogP contribution in [0.15, 0.2) is 72.8 Å². The van der Waals surface area contributed by atoms with Crippen LogP contribution >= 0.6 is 0 Å². The van der Waals surface area contributed by atoms with Gasteiger partial charge in [-0.05, 0) is 61.8 Å². The average Bonchev–Trinajstić information content (AvgIpc) is 2.96. The Bertz CT molecular complexity index is 1230. The number of carbonyl (C=O) groups is 2. The lowest BCUT2D eigenvalue weighted by molar-refractivity contribution is -0.384. The predicted octanol–water partition coefficient (Wildman–Crippen LogP) is 5.65. The maximum Gasteiger partial charge on any atom is 0.270 e. The molecule has 3 N–H and O–H groups in total. The van der Waals surface area contributed by atoms with Gasteiger partial charge in [0, 0.05) is 35.5 Å². The summed E-state index contributed by atoms with van der Waals surface area (Å²) in [6.07, 6.45) is 2.36. The van der Waals surface area contributed by atoms with Gasteiger partial charge >= 0.3 is 0 Å². The number of amides is 2. The van der Waals surface area contributed by atoms with Crippen LogP contribution in [0.5, 0.6) is 0 Å². The molecule has 2 amide bonds. The van der Waals surface area contributed by atoms with E-state index in [4.69, 9.17) is 4.79 Å². The second kappa shape index (κ2) is 18.7. The quantitative estimate of drug-likeness (QED) is 0.160. The minimum absolute atomic E-state index is 0.108. The van der Waals surface area contributed by atoms with Crippen LogP contribution in [0.4, 0.5) is 11.4 Å². The molecule has 0 spiro atoms. The van der Waals surface area contributed by atoms with E-state index in [-0.39, 0.29) is 23.6 Å². The Morgan fingerprint density at radius 3 is 2.21 bits per heavy atom. The highest BCUT2D eigenvalue weighted by atomic mass is 16.6. The number of carbonyl (C=O) groups excluding carboxylic acids is 2. The molecule has 0 aliphatic heterocycles. The van der Waals surface area contributed by atoms with Gasteiger partial charge in [-0.15, -0.1) is 0 Å². The maximum absolute atomic E-state index is 12.8. The Morgan fingerprint density at radius 2 is 1.64 bits per heavy atom. The smallest absolute Gasteiger partial charge is 0.270 e. The summed E-state index contributed by atoms with van der Waals surface area (Å²) in [7, 11) is 0. The maximum atomic E-state index is 12.8. The number of anilines is 1. The zero-order valence-electron chi connectivity index (χ0n) is 23.1. The molecule has 39 heavy (non-hydrogen) atoms. The molecule has 0 aliphatic rings. The molecule has 206 valence electrons. The van der Waals surface area contributed by atoms with E-state index < -0.39 is 4.92 Å². The number of likely N-dealkylation sites (N-methyl/N-ethyl adjacent to an activating group) is 1. The Balaban J connectivity index is 0.00000142. The number of nitrogens with two attached hydrogens (primary N) is 1. The Labute approximate surface area is 231 Å². The monoisotopic (exact) mass is 530 g/mol. The number of nitrogens with zero attached hydrogens (tertiary/aromatic N) is 2. The second-order valence-corrected chi connectivity index (χ2v) is 8.07. The van der Waals surface area contributed by atoms with E-state index in [1.165, 1.54) is 23.8 Å². The molecule has 3 rings (SSSR count). The van der Waals surface area contributed by atoms with Crippen LogP contribution in [0.2, 0.25) is 0 Å². The molecule has 8 nitrogen and oxygen atoms in total. The third kappa shape index (κ3) is 11.6. The van der Waals surface area contributed by atoms with Gasteiger partial charge in [-0.1, -0.05) is 69.9 Å². The summed E-state index contributed by atoms with van der Waals surface area (Å²) < 4.78 is 0. The number of nitro groups is 1. The fourth-order valence-corrected chi connectivity index (χ4v) is 3.59. The summed E-state index contributed by atoms with van der Waals surface area (Å²) in [5.41, 5.74) is 7.31. The first-order valence-electron chi connectivity index (χ1n) is 13.0. The lowest BCUT2D eigenvalue weighted by Gasteiger charge is -2.19. The number of nitro benzene ring substituents is 1. The molecule has 0 aliphatic carbocycles. The Hall–Kier alpha value is -4.48. The zero-order chi connectivity index (χ0) is 29.0. The topological polar surface area (TPSA) is 119 Å². The molecular formula is C31H38N4O4. The van der Waals surface area contributed by atoms with Gasteiger partial charge in [-0.2, -0.15) is 0 Å². The molecule has 0 fully saturated rings. The molecule has 0 atom stereocenters. The highest BCUT2D eigenvalue weighted by Crippen LogP contribution is 2.19. The van der Waals surface area contributed by atoms with E-state index in [0.717, 1.165) is 38.0 Å². The lowest BCUT2D eigenvalue weighted by atomic mass is 10.0. The van der Waals surface area contributed by atoms with E-state index in [1.54, 1.807) is 12.1 Å². The summed E-state index contributed by atoms with van der Waals surface area (Å²) in [4.78, 5) is 34.6. The van der Waals surface area contributed by atoms with E-state index in [0.29, 0.717) is 11.3 Å². The van der Waals surface area contributed by atoms with Crippen LogP contribution in [-0.2, 0) is 11.2 Å². The first-order chi connectivity index (χ1) is 18.9. The normalized spacial score (nSPS) is 9.56. The van der Waals surface area contributed by atoms with Gasteiger partial charge in [-0.25, -0.2) is 0 Å². The molecule has 0 unspecified atom stereocenters. The Kier molecular flexibility index (Phi) is 15.6. The molecule has 0 aromatic heterocycles. The van der Waals surface area contributed by atoms with Crippen molar-refractivity contribution in [2.75, 3.05) is 25.0 Å². The van der Waals surface area contributed by atoms with Crippen LogP contribution in [0, 0.1) is 22.0 Å². The molecule has 3 aromatic rings. The van der Waals surface area contributed by atoms with E-state index in [1.807, 2.05) is 44.2 Å². The van der Waals surface area contributed by atoms with Gasteiger partial charge in [-0.3, -0.25) is 19.7 Å². The summed E-state index contributed by atoms with van der Waals surface area (Å²) >= 11 is 0. The van der Waals surface area contributed by atoms with Gasteiger partial charge in [0.2, 0.25) is 6.41 Å². The van der Waals surface area contributed by atoms with E-state index >= 15 is 0 Å². The summed E-state index contributed by atoms with van der Waals surface area (Å²) in [6, 6.07) is 21.1. The number of hydrogen-bond acceptors (Lipinski definition) is 5. The molecule has 8 heteroatoms. The number of para-hydroxylation sites is 1. The van der Waals surface area contributed by atoms with Crippen molar-refractivity contribution >= 4 is 23.7 Å². The molecule has 3 aromatic carbocycles. The van der Waals surface area contributed by atoms with Crippen LogP contribution in [0.25, 0.3) is 0 Å². The molecule has 0 saturated heterocycles. The van der Waals surface area contributed by atoms with Crippen molar-refractivity contribution in [1.82, 2.24) is 4.90 Å². The number of non-ortho nitro benzene ring substituents is 1. The number of rotatable bonds is 9. The van der Waals surface area contributed by atoms with Crippen molar-refractivity contribution in [3.8, 4) is 11.8 Å². The molecule has 0 radical (unpaired) electrons. The summed E-state index contributed by atoms with van der Waals surface area (Å²) in [5.74, 6) is 5.64. The first-order valence-corrected chi connectivity index (χ1v) is 13.0. The third-order valence-electron chi connectivity index (χ3n) is 5.49. The highest BCUT2D eigenvalue weighted by Gasteiger charge is 2.15. The number of benzene rings is 3. The second-order valence-electron chi connectivity index (χ2n) is 8.07. The van der Waals surface area contributed by atoms with Gasteiger partial charge in [0.15, 0.2) is 0 Å². The first kappa shape index (κ1) is 32.5. The van der Waals surface area contributed by atoms with Gasteiger partial charge in [0.25, 0.3) is 11.6 Å². The number of nitrogens with one attached hydrogen (secondary N) is 1. The molecule has 0 saturated carbocycles. The van der Waals surface area contributed by atoms with E-state index in [9.17, 15) is 14.9 Å². The highest BCUT2D eigenvalue weighted by molar-refractivity contribution is 6.06. The fraction of sp³-hybridized carbons (Fsp3) is 0.290. The summed E-state index contributed by atoms with van der Waals surface area (Å²) in [6.45, 7) is 11.5. The summed E-state index contributed by atoms with van der Waals surface area (Å²) in [5, 5.41) is 14.1. The SMILES string of the molecule is CC.CCCN(CC)CCc1ccc(C#Cc2cc([N+](=O)[O-])ccc2C(=O)Nc2ccccc2)cc1.NC=O. The number of primary amides is 1. The van der Waals surface area contributed by atoms with Crippen molar-refractivity contribution in [3.63, 3.8) is 0 Å². The van der Waals surface area contributed by atoms with Crippen molar-refractivity contribution < 1.29 is 14.5 Å². The van der Waals surface area contributed by atoms with Crippen LogP contribution < -0.4 is 11.1 Å². The molecule has 0 bridgehead atoms. The zero-order valence-corrected chi connectivity index (χ0v) is 23.1. The molecular weight excluding hydrogens is 492 g/mol. The van der Waals surface area contributed by atoms with Crippen LogP contribution in [0.3, 0.4) is 0 Å². The van der Waals surface area contributed by atoms with Gasteiger partial charge < -0.3 is 16.0 Å². The number of hydrogen-bond donors (Lipinski definition) is 2. The predicted molar refractivity (Wildman–Crippen MR) is 158 cm³/mol. The van der Waals surface area contributed by atoms with Crippen LogP contribution in [0.1, 0.15) is 61.2 Å². The van der Waals surface area contributed by atoms with Gasteiger partial charge in [0.1, 0.15) is 0 Å². The molecule has 0 heterocycles. The lowest BCUT2D eigenvalue weighted by Crippen LogP contribution is -2.26. The van der Waals surface area contributed by atoms with Crippen molar-refractivity contribution in [1.29, 1.82) is 0 Å². The largest absolute Gasteiger partial charge is 0.372 e. The van der Waals surface area contributed by atoms with Crippen molar-refractivity contribution in [2.24, 2.45) is 5.73 Å². The minimum atomic E-state index is -0.489. The fourth-order valence-electron chi connectivity index (χ4n) is 3.59.